The van der Waals surface area contributed by atoms with Crippen LogP contribution in [0, 0.1) is 0 Å². The first kappa shape index (κ1) is 13.3. The minimum atomic E-state index is 0.532. The van der Waals surface area contributed by atoms with Crippen molar-refractivity contribution in [2.75, 3.05) is 33.1 Å². The average molecular weight is 242 g/mol. The molecule has 0 unspecified atom stereocenters. The lowest BCUT2D eigenvalue weighted by Gasteiger charge is -2.09. The van der Waals surface area contributed by atoms with Gasteiger partial charge in [0.25, 0.3) is 0 Å². The molecule has 0 heterocycles. The predicted octanol–water partition coefficient (Wildman–Crippen LogP) is 2.80. The smallest absolute Gasteiger partial charge is 0.119 e. The van der Waals surface area contributed by atoms with E-state index in [4.69, 9.17) is 16.3 Å². The van der Waals surface area contributed by atoms with Crippen LogP contribution in [0.2, 0.25) is 0 Å². The molecule has 0 saturated heterocycles. The summed E-state index contributed by atoms with van der Waals surface area (Å²) >= 11 is 5.55. The summed E-state index contributed by atoms with van der Waals surface area (Å²) in [6, 6.07) is 8.27. The van der Waals surface area contributed by atoms with Gasteiger partial charge in [0.15, 0.2) is 0 Å². The maximum absolute atomic E-state index is 5.55. The van der Waals surface area contributed by atoms with Crippen molar-refractivity contribution >= 4 is 11.6 Å². The molecule has 0 aromatic heterocycles. The molecule has 0 spiro atoms. The molecule has 16 heavy (non-hydrogen) atoms. The van der Waals surface area contributed by atoms with Gasteiger partial charge in [0.2, 0.25) is 0 Å². The molecule has 0 bridgehead atoms. The molecule has 90 valence electrons. The van der Waals surface area contributed by atoms with Gasteiger partial charge in [-0.05, 0) is 51.2 Å². The summed E-state index contributed by atoms with van der Waals surface area (Å²) in [5.74, 6) is 1.43. The van der Waals surface area contributed by atoms with Crippen LogP contribution >= 0.6 is 11.6 Å². The number of ether oxygens (including phenoxy) is 1. The van der Waals surface area contributed by atoms with Gasteiger partial charge >= 0.3 is 0 Å². The van der Waals surface area contributed by atoms with E-state index < -0.39 is 0 Å². The number of halogens is 1. The van der Waals surface area contributed by atoms with Crippen molar-refractivity contribution in [1.29, 1.82) is 0 Å². The minimum Gasteiger partial charge on any atom is -0.492 e. The van der Waals surface area contributed by atoms with E-state index in [1.54, 1.807) is 0 Å². The normalized spacial score (nSPS) is 10.8. The third-order valence-electron chi connectivity index (χ3n) is 2.34. The van der Waals surface area contributed by atoms with Crippen molar-refractivity contribution in [3.63, 3.8) is 0 Å². The molecule has 0 fully saturated rings. The highest BCUT2D eigenvalue weighted by atomic mass is 35.5. The van der Waals surface area contributed by atoms with Crippen LogP contribution in [0.1, 0.15) is 12.0 Å². The van der Waals surface area contributed by atoms with E-state index in [2.05, 4.69) is 31.1 Å². The minimum absolute atomic E-state index is 0.532. The van der Waals surface area contributed by atoms with Gasteiger partial charge in [0, 0.05) is 0 Å². The number of aryl methyl sites for hydroxylation is 1. The Labute approximate surface area is 103 Å². The SMILES string of the molecule is CN(C)CCCc1ccc(OCCCl)cc1. The topological polar surface area (TPSA) is 12.5 Å². The molecule has 0 aliphatic rings. The zero-order valence-corrected chi connectivity index (χ0v) is 10.8. The summed E-state index contributed by atoms with van der Waals surface area (Å²) in [7, 11) is 4.20. The number of benzene rings is 1. The van der Waals surface area contributed by atoms with E-state index in [1.165, 1.54) is 12.0 Å². The summed E-state index contributed by atoms with van der Waals surface area (Å²) in [4.78, 5) is 2.21. The van der Waals surface area contributed by atoms with Gasteiger partial charge in [-0.15, -0.1) is 11.6 Å². The van der Waals surface area contributed by atoms with Crippen molar-refractivity contribution in [2.45, 2.75) is 12.8 Å². The number of nitrogens with zero attached hydrogens (tertiary/aromatic N) is 1. The highest BCUT2D eigenvalue weighted by Gasteiger charge is 1.96. The average Bonchev–Trinajstić information content (AvgIpc) is 2.27. The molecule has 3 heteroatoms. The van der Waals surface area contributed by atoms with Crippen LogP contribution in [0.15, 0.2) is 24.3 Å². The lowest BCUT2D eigenvalue weighted by atomic mass is 10.1. The van der Waals surface area contributed by atoms with Gasteiger partial charge in [-0.3, -0.25) is 0 Å². The summed E-state index contributed by atoms with van der Waals surface area (Å²) in [5.41, 5.74) is 1.36. The molecule has 0 aliphatic heterocycles. The summed E-state index contributed by atoms with van der Waals surface area (Å²) in [5, 5.41) is 0. The lowest BCUT2D eigenvalue weighted by molar-refractivity contribution is 0.342. The Hall–Kier alpha value is -0.730. The predicted molar refractivity (Wildman–Crippen MR) is 69.5 cm³/mol. The van der Waals surface area contributed by atoms with Gasteiger partial charge in [0.1, 0.15) is 12.4 Å². The highest BCUT2D eigenvalue weighted by molar-refractivity contribution is 6.17. The Morgan fingerprint density at radius 1 is 1.19 bits per heavy atom. The number of hydrogen-bond acceptors (Lipinski definition) is 2. The van der Waals surface area contributed by atoms with Crippen molar-refractivity contribution < 1.29 is 4.74 Å². The van der Waals surface area contributed by atoms with E-state index in [0.29, 0.717) is 12.5 Å². The van der Waals surface area contributed by atoms with Crippen LogP contribution in [0.4, 0.5) is 0 Å². The van der Waals surface area contributed by atoms with Crippen LogP contribution in [0.5, 0.6) is 5.75 Å². The Balaban J connectivity index is 2.33. The van der Waals surface area contributed by atoms with E-state index in [0.717, 1.165) is 18.7 Å². The van der Waals surface area contributed by atoms with Gasteiger partial charge in [0.05, 0.1) is 5.88 Å². The van der Waals surface area contributed by atoms with Crippen LogP contribution in [0.25, 0.3) is 0 Å². The first-order chi connectivity index (χ1) is 7.72. The van der Waals surface area contributed by atoms with Crippen LogP contribution < -0.4 is 4.74 Å². The van der Waals surface area contributed by atoms with Crippen molar-refractivity contribution in [2.24, 2.45) is 0 Å². The standard InChI is InChI=1S/C13H20ClNO/c1-15(2)10-3-4-12-5-7-13(8-6-12)16-11-9-14/h5-8H,3-4,9-11H2,1-2H3. The fourth-order valence-electron chi connectivity index (χ4n) is 1.51. The quantitative estimate of drug-likeness (QED) is 0.681. The van der Waals surface area contributed by atoms with Crippen LogP contribution in [-0.2, 0) is 6.42 Å². The third-order valence-corrected chi connectivity index (χ3v) is 2.49. The molecule has 1 aromatic carbocycles. The van der Waals surface area contributed by atoms with E-state index in [1.807, 2.05) is 12.1 Å². The van der Waals surface area contributed by atoms with E-state index in [9.17, 15) is 0 Å². The maximum Gasteiger partial charge on any atom is 0.119 e. The zero-order chi connectivity index (χ0) is 11.8. The summed E-state index contributed by atoms with van der Waals surface area (Å²) < 4.78 is 5.41. The fourth-order valence-corrected chi connectivity index (χ4v) is 1.59. The van der Waals surface area contributed by atoms with Crippen LogP contribution in [0.3, 0.4) is 0 Å². The first-order valence-electron chi connectivity index (χ1n) is 5.65. The van der Waals surface area contributed by atoms with Crippen molar-refractivity contribution in [3.8, 4) is 5.75 Å². The Morgan fingerprint density at radius 3 is 2.44 bits per heavy atom. The van der Waals surface area contributed by atoms with Gasteiger partial charge < -0.3 is 9.64 Å². The monoisotopic (exact) mass is 241 g/mol. The molecule has 0 amide bonds. The largest absolute Gasteiger partial charge is 0.492 e. The first-order valence-corrected chi connectivity index (χ1v) is 6.18. The zero-order valence-electron chi connectivity index (χ0n) is 10.1. The lowest BCUT2D eigenvalue weighted by Crippen LogP contribution is -2.13. The summed E-state index contributed by atoms with van der Waals surface area (Å²) in [6.07, 6.45) is 2.31. The van der Waals surface area contributed by atoms with Gasteiger partial charge in [-0.25, -0.2) is 0 Å². The molecule has 0 radical (unpaired) electrons. The van der Waals surface area contributed by atoms with Crippen molar-refractivity contribution in [1.82, 2.24) is 4.90 Å². The second kappa shape index (κ2) is 7.53. The summed E-state index contributed by atoms with van der Waals surface area (Å²) in [6.45, 7) is 1.70. The van der Waals surface area contributed by atoms with Gasteiger partial charge in [-0.2, -0.15) is 0 Å². The second-order valence-corrected chi connectivity index (χ2v) is 4.47. The van der Waals surface area contributed by atoms with Crippen LogP contribution in [-0.4, -0.2) is 38.0 Å². The molecule has 0 saturated carbocycles. The Morgan fingerprint density at radius 2 is 1.88 bits per heavy atom. The third kappa shape index (κ3) is 5.38. The molecule has 0 atom stereocenters. The molecular formula is C13H20ClNO. The molecule has 2 nitrogen and oxygen atoms in total. The maximum atomic E-state index is 5.55. The Kier molecular flexibility index (Phi) is 6.27. The van der Waals surface area contributed by atoms with E-state index in [-0.39, 0.29) is 0 Å². The number of hydrogen-bond donors (Lipinski definition) is 0. The molecule has 0 N–H and O–H groups in total. The number of rotatable bonds is 7. The van der Waals surface area contributed by atoms with Gasteiger partial charge in [-0.1, -0.05) is 12.1 Å². The number of alkyl halides is 1. The molecule has 1 rings (SSSR count). The van der Waals surface area contributed by atoms with Crippen molar-refractivity contribution in [3.05, 3.63) is 29.8 Å². The van der Waals surface area contributed by atoms with E-state index >= 15 is 0 Å². The second-order valence-electron chi connectivity index (χ2n) is 4.09. The molecule has 1 aromatic rings. The molecule has 0 aliphatic carbocycles. The Bertz CT molecular complexity index is 284. The fraction of sp³-hybridized carbons (Fsp3) is 0.538. The molecular weight excluding hydrogens is 222 g/mol. The highest BCUT2D eigenvalue weighted by Crippen LogP contribution is 2.13.